The number of aromatic hydroxyl groups is 2. The summed E-state index contributed by atoms with van der Waals surface area (Å²) in [6.07, 6.45) is 0. The molecule has 2 N–H and O–H groups in total. The summed E-state index contributed by atoms with van der Waals surface area (Å²) in [6, 6.07) is 7.12. The Morgan fingerprint density at radius 2 is 1.14 bits per heavy atom. The lowest BCUT2D eigenvalue weighted by molar-refractivity contribution is 0.464. The lowest BCUT2D eigenvalue weighted by Gasteiger charge is -2.08. The van der Waals surface area contributed by atoms with Gasteiger partial charge >= 0.3 is 0 Å². The van der Waals surface area contributed by atoms with Gasteiger partial charge in [-0.1, -0.05) is 24.3 Å². The van der Waals surface area contributed by atoms with Gasteiger partial charge in [0, 0.05) is 10.8 Å². The van der Waals surface area contributed by atoms with Crippen molar-refractivity contribution in [2.75, 3.05) is 0 Å². The molecule has 2 rings (SSSR count). The van der Waals surface area contributed by atoms with Crippen molar-refractivity contribution in [1.82, 2.24) is 0 Å². The second kappa shape index (κ2) is 3.44. The van der Waals surface area contributed by atoms with Gasteiger partial charge in [0.05, 0.1) is 8.95 Å². The van der Waals surface area contributed by atoms with E-state index in [9.17, 15) is 10.2 Å². The summed E-state index contributed by atoms with van der Waals surface area (Å²) in [4.78, 5) is 0. The average molecular weight is 318 g/mol. The monoisotopic (exact) mass is 316 g/mol. The van der Waals surface area contributed by atoms with Gasteiger partial charge in [-0.25, -0.2) is 0 Å². The van der Waals surface area contributed by atoms with Gasteiger partial charge in [-0.3, -0.25) is 0 Å². The van der Waals surface area contributed by atoms with Gasteiger partial charge in [0.2, 0.25) is 0 Å². The van der Waals surface area contributed by atoms with E-state index in [0.29, 0.717) is 19.7 Å². The average Bonchev–Trinajstić information content (AvgIpc) is 2.23. The number of halogens is 2. The van der Waals surface area contributed by atoms with Crippen LogP contribution in [0.3, 0.4) is 0 Å². The Morgan fingerprint density at radius 3 is 1.50 bits per heavy atom. The van der Waals surface area contributed by atoms with E-state index in [-0.39, 0.29) is 11.5 Å². The van der Waals surface area contributed by atoms with Crippen LogP contribution in [-0.4, -0.2) is 10.2 Å². The van der Waals surface area contributed by atoms with E-state index < -0.39 is 0 Å². The third-order valence-corrected chi connectivity index (χ3v) is 4.12. The maximum atomic E-state index is 9.78. The minimum absolute atomic E-state index is 0.130. The molecule has 2 aromatic rings. The van der Waals surface area contributed by atoms with Crippen molar-refractivity contribution in [3.63, 3.8) is 0 Å². The van der Waals surface area contributed by atoms with Crippen LogP contribution < -0.4 is 0 Å². The van der Waals surface area contributed by atoms with Crippen molar-refractivity contribution in [3.8, 4) is 11.5 Å². The molecule has 0 aliphatic carbocycles. The Balaban J connectivity index is 3.02. The Labute approximate surface area is 97.4 Å². The van der Waals surface area contributed by atoms with Crippen LogP contribution in [0.1, 0.15) is 0 Å². The number of hydrogen-bond acceptors (Lipinski definition) is 2. The second-order valence-electron chi connectivity index (χ2n) is 2.87. The molecule has 0 atom stereocenters. The molecule has 0 spiro atoms. The van der Waals surface area contributed by atoms with Crippen LogP contribution in [0.15, 0.2) is 33.2 Å². The maximum absolute atomic E-state index is 9.78. The molecule has 0 heterocycles. The van der Waals surface area contributed by atoms with Crippen molar-refractivity contribution in [2.45, 2.75) is 0 Å². The number of hydrogen-bond donors (Lipinski definition) is 2. The number of rotatable bonds is 0. The number of phenols is 2. The minimum atomic E-state index is 0.130. The topological polar surface area (TPSA) is 40.5 Å². The molecule has 72 valence electrons. The number of phenolic OH excluding ortho intramolecular Hbond substituents is 2. The van der Waals surface area contributed by atoms with Crippen LogP contribution in [0.25, 0.3) is 10.8 Å². The van der Waals surface area contributed by atoms with Gasteiger partial charge < -0.3 is 10.2 Å². The van der Waals surface area contributed by atoms with E-state index >= 15 is 0 Å². The molecule has 4 heteroatoms. The smallest absolute Gasteiger partial charge is 0.139 e. The summed E-state index contributed by atoms with van der Waals surface area (Å²) in [5, 5.41) is 20.8. The molecule has 0 saturated carbocycles. The Morgan fingerprint density at radius 1 is 0.786 bits per heavy atom. The SMILES string of the molecule is Oc1c(Br)c(Br)c(O)c2ccccc12. The third kappa shape index (κ3) is 1.29. The first-order valence-corrected chi connectivity index (χ1v) is 5.49. The van der Waals surface area contributed by atoms with E-state index in [4.69, 9.17) is 0 Å². The summed E-state index contributed by atoms with van der Waals surface area (Å²) in [7, 11) is 0. The molecule has 0 fully saturated rings. The molecule has 0 bridgehead atoms. The van der Waals surface area contributed by atoms with Gasteiger partial charge in [0.15, 0.2) is 0 Å². The molecule has 0 radical (unpaired) electrons. The fraction of sp³-hybridized carbons (Fsp3) is 0. The lowest BCUT2D eigenvalue weighted by Crippen LogP contribution is -1.80. The third-order valence-electron chi connectivity index (χ3n) is 2.05. The highest BCUT2D eigenvalue weighted by molar-refractivity contribution is 9.13. The summed E-state index contributed by atoms with van der Waals surface area (Å²) in [5.41, 5.74) is 0. The van der Waals surface area contributed by atoms with E-state index in [0.717, 1.165) is 0 Å². The molecule has 0 amide bonds. The van der Waals surface area contributed by atoms with E-state index in [2.05, 4.69) is 31.9 Å². The molecule has 0 unspecified atom stereocenters. The van der Waals surface area contributed by atoms with Crippen LogP contribution in [0.2, 0.25) is 0 Å². The molecule has 0 aromatic heterocycles. The predicted molar refractivity (Wildman–Crippen MR) is 62.7 cm³/mol. The van der Waals surface area contributed by atoms with Crippen LogP contribution in [0.4, 0.5) is 0 Å². The first kappa shape index (κ1) is 9.80. The van der Waals surface area contributed by atoms with E-state index in [1.54, 1.807) is 12.1 Å². The van der Waals surface area contributed by atoms with Crippen molar-refractivity contribution in [2.24, 2.45) is 0 Å². The van der Waals surface area contributed by atoms with Gasteiger partial charge in [-0.15, -0.1) is 0 Å². The van der Waals surface area contributed by atoms with E-state index in [1.165, 1.54) is 0 Å². The van der Waals surface area contributed by atoms with Crippen LogP contribution >= 0.6 is 31.9 Å². The number of benzene rings is 2. The van der Waals surface area contributed by atoms with E-state index in [1.807, 2.05) is 12.1 Å². The molecule has 14 heavy (non-hydrogen) atoms. The predicted octanol–water partition coefficient (Wildman–Crippen LogP) is 3.78. The quantitative estimate of drug-likeness (QED) is 0.726. The van der Waals surface area contributed by atoms with Gasteiger partial charge in [0.25, 0.3) is 0 Å². The fourth-order valence-electron chi connectivity index (χ4n) is 1.34. The highest BCUT2D eigenvalue weighted by atomic mass is 79.9. The zero-order chi connectivity index (χ0) is 10.3. The van der Waals surface area contributed by atoms with Crippen LogP contribution in [0, 0.1) is 0 Å². The van der Waals surface area contributed by atoms with Crippen molar-refractivity contribution >= 4 is 42.6 Å². The normalized spacial score (nSPS) is 10.7. The van der Waals surface area contributed by atoms with Crippen molar-refractivity contribution in [1.29, 1.82) is 0 Å². The van der Waals surface area contributed by atoms with Crippen LogP contribution in [-0.2, 0) is 0 Å². The molecular weight excluding hydrogens is 312 g/mol. The molecular formula is C10H6Br2O2. The fourth-order valence-corrected chi connectivity index (χ4v) is 2.14. The zero-order valence-corrected chi connectivity index (χ0v) is 10.1. The summed E-state index contributed by atoms with van der Waals surface area (Å²) in [6.45, 7) is 0. The highest BCUT2D eigenvalue weighted by Gasteiger charge is 2.14. The Bertz CT molecular complexity index is 462. The van der Waals surface area contributed by atoms with Gasteiger partial charge in [-0.05, 0) is 31.9 Å². The summed E-state index contributed by atoms with van der Waals surface area (Å²) in [5.74, 6) is 0.260. The largest absolute Gasteiger partial charge is 0.506 e. The zero-order valence-electron chi connectivity index (χ0n) is 6.96. The van der Waals surface area contributed by atoms with Crippen molar-refractivity contribution in [3.05, 3.63) is 33.2 Å². The van der Waals surface area contributed by atoms with Gasteiger partial charge in [-0.2, -0.15) is 0 Å². The Hall–Kier alpha value is -0.740. The summed E-state index contributed by atoms with van der Waals surface area (Å²) >= 11 is 6.39. The standard InChI is InChI=1S/C10H6Br2O2/c11-7-8(12)10(14)6-4-2-1-3-5(6)9(7)13/h1-4,13-14H. The molecule has 0 saturated heterocycles. The molecule has 0 aliphatic rings. The molecule has 0 aliphatic heterocycles. The first-order valence-electron chi connectivity index (χ1n) is 3.90. The molecule has 2 nitrogen and oxygen atoms in total. The second-order valence-corrected chi connectivity index (χ2v) is 4.46. The summed E-state index contributed by atoms with van der Waals surface area (Å²) < 4.78 is 0.933. The highest BCUT2D eigenvalue weighted by Crippen LogP contribution is 2.45. The van der Waals surface area contributed by atoms with Gasteiger partial charge in [0.1, 0.15) is 11.5 Å². The van der Waals surface area contributed by atoms with Crippen LogP contribution in [0.5, 0.6) is 11.5 Å². The molecule has 2 aromatic carbocycles. The Kier molecular flexibility index (Phi) is 2.41. The lowest BCUT2D eigenvalue weighted by atomic mass is 10.1. The first-order chi connectivity index (χ1) is 6.63. The minimum Gasteiger partial charge on any atom is -0.506 e. The maximum Gasteiger partial charge on any atom is 0.139 e. The van der Waals surface area contributed by atoms with Crippen molar-refractivity contribution < 1.29 is 10.2 Å². The number of fused-ring (bicyclic) bond motifs is 1.